The lowest BCUT2D eigenvalue weighted by Gasteiger charge is -2.18. The quantitative estimate of drug-likeness (QED) is 0.526. The second-order valence-electron chi connectivity index (χ2n) is 5.20. The van der Waals surface area contributed by atoms with E-state index >= 15 is 0 Å². The normalized spacial score (nSPS) is 25.5. The van der Waals surface area contributed by atoms with E-state index in [9.17, 15) is 0 Å². The van der Waals surface area contributed by atoms with Crippen molar-refractivity contribution in [2.75, 3.05) is 25.6 Å². The maximum Gasteiger partial charge on any atom is 0.0591 e. The highest BCUT2D eigenvalue weighted by Gasteiger charge is 2.25. The van der Waals surface area contributed by atoms with E-state index in [1.165, 1.54) is 19.3 Å². The first kappa shape index (κ1) is 14.3. The summed E-state index contributed by atoms with van der Waals surface area (Å²) in [6.45, 7) is 7.15. The summed E-state index contributed by atoms with van der Waals surface area (Å²) in [5.41, 5.74) is 0. The molecule has 1 aliphatic rings. The molecular formula is C13H26ClNO. The summed E-state index contributed by atoms with van der Waals surface area (Å²) in [5.74, 6) is 2.21. The summed E-state index contributed by atoms with van der Waals surface area (Å²) in [6, 6.07) is 0.631. The van der Waals surface area contributed by atoms with E-state index in [2.05, 4.69) is 19.2 Å². The molecule has 0 radical (unpaired) electrons. The molecule has 0 aromatic heterocycles. The van der Waals surface area contributed by atoms with E-state index < -0.39 is 0 Å². The van der Waals surface area contributed by atoms with Crippen molar-refractivity contribution in [3.05, 3.63) is 0 Å². The highest BCUT2D eigenvalue weighted by Crippen LogP contribution is 2.26. The Morgan fingerprint density at radius 3 is 2.81 bits per heavy atom. The minimum Gasteiger partial charge on any atom is -0.380 e. The van der Waals surface area contributed by atoms with Crippen LogP contribution in [0, 0.1) is 11.8 Å². The third kappa shape index (κ3) is 5.51. The summed E-state index contributed by atoms with van der Waals surface area (Å²) in [5, 5.41) is 3.56. The van der Waals surface area contributed by atoms with Crippen LogP contribution < -0.4 is 5.32 Å². The minimum atomic E-state index is 0.631. The molecule has 0 heterocycles. The van der Waals surface area contributed by atoms with E-state index in [0.717, 1.165) is 38.0 Å². The predicted molar refractivity (Wildman–Crippen MR) is 70.1 cm³/mol. The first-order chi connectivity index (χ1) is 7.74. The monoisotopic (exact) mass is 247 g/mol. The molecule has 1 fully saturated rings. The summed E-state index contributed by atoms with van der Waals surface area (Å²) >= 11 is 5.93. The molecule has 0 aromatic rings. The van der Waals surface area contributed by atoms with Crippen molar-refractivity contribution >= 4 is 11.6 Å². The summed E-state index contributed by atoms with van der Waals surface area (Å²) in [7, 11) is 0. The Labute approximate surface area is 105 Å². The third-order valence-corrected chi connectivity index (χ3v) is 3.75. The first-order valence-electron chi connectivity index (χ1n) is 6.61. The number of hydrogen-bond donors (Lipinski definition) is 1. The maximum absolute atomic E-state index is 5.93. The molecule has 1 aliphatic carbocycles. The van der Waals surface area contributed by atoms with Gasteiger partial charge in [0.25, 0.3) is 0 Å². The van der Waals surface area contributed by atoms with Gasteiger partial charge in [0, 0.05) is 25.1 Å². The molecule has 0 aliphatic heterocycles. The van der Waals surface area contributed by atoms with Crippen LogP contribution in [0.2, 0.25) is 0 Å². The van der Waals surface area contributed by atoms with E-state index in [0.29, 0.717) is 12.0 Å². The summed E-state index contributed by atoms with van der Waals surface area (Å²) in [6.07, 6.45) is 5.05. The molecule has 1 rings (SSSR count). The van der Waals surface area contributed by atoms with E-state index in [4.69, 9.17) is 16.3 Å². The van der Waals surface area contributed by atoms with Crippen molar-refractivity contribution in [1.82, 2.24) is 5.32 Å². The van der Waals surface area contributed by atoms with Crippen molar-refractivity contribution in [3.8, 4) is 0 Å². The molecule has 0 saturated heterocycles. The number of rotatable bonds is 8. The molecule has 0 amide bonds. The average Bonchev–Trinajstić information content (AvgIpc) is 2.70. The Kier molecular flexibility index (Phi) is 7.42. The number of alkyl halides is 1. The van der Waals surface area contributed by atoms with Gasteiger partial charge >= 0.3 is 0 Å². The van der Waals surface area contributed by atoms with Crippen LogP contribution in [-0.2, 0) is 4.74 Å². The van der Waals surface area contributed by atoms with Gasteiger partial charge in [-0.3, -0.25) is 0 Å². The Balaban J connectivity index is 1.94. The van der Waals surface area contributed by atoms with E-state index in [1.807, 2.05) is 0 Å². The number of nitrogens with one attached hydrogen (secondary N) is 1. The lowest BCUT2D eigenvalue weighted by atomic mass is 10.1. The van der Waals surface area contributed by atoms with Gasteiger partial charge in [-0.25, -0.2) is 0 Å². The van der Waals surface area contributed by atoms with Gasteiger partial charge in [0.1, 0.15) is 0 Å². The zero-order chi connectivity index (χ0) is 11.8. The van der Waals surface area contributed by atoms with Gasteiger partial charge in [-0.2, -0.15) is 0 Å². The van der Waals surface area contributed by atoms with Crippen LogP contribution in [0.3, 0.4) is 0 Å². The molecule has 0 bridgehead atoms. The van der Waals surface area contributed by atoms with Crippen LogP contribution in [-0.4, -0.2) is 31.7 Å². The Morgan fingerprint density at radius 1 is 1.31 bits per heavy atom. The van der Waals surface area contributed by atoms with Gasteiger partial charge in [0.2, 0.25) is 0 Å². The molecule has 2 atom stereocenters. The van der Waals surface area contributed by atoms with Crippen molar-refractivity contribution in [3.63, 3.8) is 0 Å². The van der Waals surface area contributed by atoms with Crippen LogP contribution in [0.15, 0.2) is 0 Å². The van der Waals surface area contributed by atoms with Crippen molar-refractivity contribution in [2.45, 2.75) is 45.6 Å². The van der Waals surface area contributed by atoms with E-state index in [1.54, 1.807) is 0 Å². The second-order valence-corrected chi connectivity index (χ2v) is 5.51. The van der Waals surface area contributed by atoms with Crippen molar-refractivity contribution < 1.29 is 4.74 Å². The number of ether oxygens (including phenoxy) is 1. The number of halogens is 1. The van der Waals surface area contributed by atoms with Crippen LogP contribution in [0.1, 0.15) is 39.5 Å². The van der Waals surface area contributed by atoms with Crippen LogP contribution >= 0.6 is 11.6 Å². The average molecular weight is 248 g/mol. The molecule has 96 valence electrons. The molecular weight excluding hydrogens is 222 g/mol. The molecule has 2 nitrogen and oxygen atoms in total. The molecule has 1 saturated carbocycles. The molecule has 16 heavy (non-hydrogen) atoms. The third-order valence-electron chi connectivity index (χ3n) is 3.35. The van der Waals surface area contributed by atoms with Crippen molar-refractivity contribution in [2.24, 2.45) is 11.8 Å². The summed E-state index contributed by atoms with van der Waals surface area (Å²) < 4.78 is 5.58. The SMILES string of the molecule is CC(C)CCOCCNC1CCCC1CCl. The smallest absolute Gasteiger partial charge is 0.0591 e. The number of hydrogen-bond acceptors (Lipinski definition) is 2. The topological polar surface area (TPSA) is 21.3 Å². The second kappa shape index (κ2) is 8.32. The molecule has 2 unspecified atom stereocenters. The lowest BCUT2D eigenvalue weighted by molar-refractivity contribution is 0.122. The van der Waals surface area contributed by atoms with Gasteiger partial charge in [0.15, 0.2) is 0 Å². The minimum absolute atomic E-state index is 0.631. The Hall–Kier alpha value is 0.210. The van der Waals surface area contributed by atoms with Crippen LogP contribution in [0.4, 0.5) is 0 Å². The fraction of sp³-hybridized carbons (Fsp3) is 1.00. The Morgan fingerprint density at radius 2 is 2.12 bits per heavy atom. The highest BCUT2D eigenvalue weighted by atomic mass is 35.5. The van der Waals surface area contributed by atoms with Crippen molar-refractivity contribution in [1.29, 1.82) is 0 Å². The van der Waals surface area contributed by atoms with Gasteiger partial charge in [-0.1, -0.05) is 20.3 Å². The van der Waals surface area contributed by atoms with Crippen LogP contribution in [0.5, 0.6) is 0 Å². The maximum atomic E-state index is 5.93. The Bertz CT molecular complexity index is 175. The molecule has 0 spiro atoms. The fourth-order valence-corrected chi connectivity index (χ4v) is 2.60. The zero-order valence-corrected chi connectivity index (χ0v) is 11.4. The first-order valence-corrected chi connectivity index (χ1v) is 7.14. The van der Waals surface area contributed by atoms with E-state index in [-0.39, 0.29) is 0 Å². The molecule has 0 aromatic carbocycles. The standard InChI is InChI=1S/C13H26ClNO/c1-11(2)6-8-16-9-7-15-13-5-3-4-12(13)10-14/h11-13,15H,3-10H2,1-2H3. The fourth-order valence-electron chi connectivity index (χ4n) is 2.23. The zero-order valence-electron chi connectivity index (χ0n) is 10.7. The largest absolute Gasteiger partial charge is 0.380 e. The van der Waals surface area contributed by atoms with Gasteiger partial charge in [-0.05, 0) is 31.1 Å². The molecule has 1 N–H and O–H groups in total. The van der Waals surface area contributed by atoms with Gasteiger partial charge < -0.3 is 10.1 Å². The summed E-state index contributed by atoms with van der Waals surface area (Å²) in [4.78, 5) is 0. The van der Waals surface area contributed by atoms with Gasteiger partial charge in [0.05, 0.1) is 6.61 Å². The predicted octanol–water partition coefficient (Wildman–Crippen LogP) is 3.05. The van der Waals surface area contributed by atoms with Crippen LogP contribution in [0.25, 0.3) is 0 Å². The molecule has 3 heteroatoms. The highest BCUT2D eigenvalue weighted by molar-refractivity contribution is 6.18. The van der Waals surface area contributed by atoms with Gasteiger partial charge in [-0.15, -0.1) is 11.6 Å². The lowest BCUT2D eigenvalue weighted by Crippen LogP contribution is -2.35.